The van der Waals surface area contributed by atoms with Crippen LogP contribution in [0.15, 0.2) is 48.5 Å². The van der Waals surface area contributed by atoms with Crippen molar-refractivity contribution in [3.63, 3.8) is 0 Å². The molecule has 0 aromatic heterocycles. The number of aromatic carboxylic acids is 1. The number of hydrogen-bond acceptors (Lipinski definition) is 4. The van der Waals surface area contributed by atoms with Crippen LogP contribution >= 0.6 is 0 Å². The van der Waals surface area contributed by atoms with Crippen LogP contribution < -0.4 is 15.6 Å². The van der Waals surface area contributed by atoms with Gasteiger partial charge in [-0.2, -0.15) is 0 Å². The molecule has 2 rings (SSSR count). The highest BCUT2D eigenvalue weighted by molar-refractivity contribution is 6.06. The van der Waals surface area contributed by atoms with Gasteiger partial charge in [-0.3, -0.25) is 20.4 Å². The van der Waals surface area contributed by atoms with Crippen molar-refractivity contribution in [2.24, 2.45) is 0 Å². The molecule has 0 radical (unpaired) electrons. The number of ether oxygens (including phenoxy) is 1. The van der Waals surface area contributed by atoms with Gasteiger partial charge in [-0.25, -0.2) is 4.79 Å². The normalized spacial score (nSPS) is 9.96. The smallest absolute Gasteiger partial charge is 0.336 e. The molecule has 0 atom stereocenters. The van der Waals surface area contributed by atoms with Gasteiger partial charge >= 0.3 is 5.97 Å². The van der Waals surface area contributed by atoms with Gasteiger partial charge in [0.15, 0.2) is 0 Å². The molecule has 0 saturated heterocycles. The van der Waals surface area contributed by atoms with E-state index < -0.39 is 17.8 Å². The van der Waals surface area contributed by atoms with Gasteiger partial charge in [-0.15, -0.1) is 0 Å². The van der Waals surface area contributed by atoms with E-state index in [1.54, 1.807) is 24.3 Å². The van der Waals surface area contributed by atoms with Crippen molar-refractivity contribution < 1.29 is 24.2 Å². The Labute approximate surface area is 144 Å². The molecule has 0 unspecified atom stereocenters. The van der Waals surface area contributed by atoms with Gasteiger partial charge in [-0.05, 0) is 30.7 Å². The van der Waals surface area contributed by atoms with E-state index in [4.69, 9.17) is 9.84 Å². The maximum atomic E-state index is 12.3. The Morgan fingerprint density at radius 3 is 2.00 bits per heavy atom. The number of benzene rings is 2. The zero-order valence-electron chi connectivity index (χ0n) is 13.6. The van der Waals surface area contributed by atoms with Crippen molar-refractivity contribution in [3.05, 3.63) is 65.2 Å². The molecule has 0 bridgehead atoms. The molecule has 2 amide bonds. The number of rotatable bonds is 6. The molecule has 0 aliphatic heterocycles. The first kappa shape index (κ1) is 18.0. The maximum absolute atomic E-state index is 12.3. The predicted molar refractivity (Wildman–Crippen MR) is 90.6 cm³/mol. The largest absolute Gasteiger partial charge is 0.493 e. The summed E-state index contributed by atoms with van der Waals surface area (Å²) in [4.78, 5) is 35.6. The minimum absolute atomic E-state index is 0.0502. The van der Waals surface area contributed by atoms with Crippen LogP contribution in [0.25, 0.3) is 0 Å². The van der Waals surface area contributed by atoms with Gasteiger partial charge in [-0.1, -0.05) is 31.2 Å². The molecule has 0 fully saturated rings. The van der Waals surface area contributed by atoms with E-state index >= 15 is 0 Å². The SMILES string of the molecule is CCCOc1ccccc1C(=O)NNC(=O)c1ccccc1C(=O)O. The lowest BCUT2D eigenvalue weighted by Crippen LogP contribution is -2.42. The summed E-state index contributed by atoms with van der Waals surface area (Å²) in [6.45, 7) is 2.41. The van der Waals surface area contributed by atoms with Crippen molar-refractivity contribution in [2.75, 3.05) is 6.61 Å². The quantitative estimate of drug-likeness (QED) is 0.698. The van der Waals surface area contributed by atoms with E-state index in [0.29, 0.717) is 12.4 Å². The predicted octanol–water partition coefficient (Wildman–Crippen LogP) is 2.25. The molecule has 7 heteroatoms. The first-order valence-corrected chi connectivity index (χ1v) is 7.69. The summed E-state index contributed by atoms with van der Waals surface area (Å²) in [6.07, 6.45) is 0.790. The van der Waals surface area contributed by atoms with Crippen LogP contribution in [0.2, 0.25) is 0 Å². The van der Waals surface area contributed by atoms with Crippen molar-refractivity contribution >= 4 is 17.8 Å². The van der Waals surface area contributed by atoms with Crippen molar-refractivity contribution in [1.29, 1.82) is 0 Å². The third kappa shape index (κ3) is 4.57. The standard InChI is InChI=1S/C18H18N2O5/c1-2-11-25-15-10-6-5-9-14(15)17(22)20-19-16(21)12-7-3-4-8-13(12)18(23)24/h3-10H,2,11H2,1H3,(H,19,21)(H,20,22)(H,23,24). The van der Waals surface area contributed by atoms with E-state index in [0.717, 1.165) is 6.42 Å². The number of carbonyl (C=O) groups excluding carboxylic acids is 2. The molecule has 3 N–H and O–H groups in total. The van der Waals surface area contributed by atoms with Crippen molar-refractivity contribution in [1.82, 2.24) is 10.9 Å². The maximum Gasteiger partial charge on any atom is 0.336 e. The molecule has 0 aliphatic rings. The monoisotopic (exact) mass is 342 g/mol. The second kappa shape index (κ2) is 8.49. The zero-order valence-corrected chi connectivity index (χ0v) is 13.6. The number of carboxylic acids is 1. The highest BCUT2D eigenvalue weighted by atomic mass is 16.5. The highest BCUT2D eigenvalue weighted by Gasteiger charge is 2.17. The van der Waals surface area contributed by atoms with Crippen molar-refractivity contribution in [2.45, 2.75) is 13.3 Å². The van der Waals surface area contributed by atoms with E-state index in [1.807, 2.05) is 6.92 Å². The fraction of sp³-hybridized carbons (Fsp3) is 0.167. The van der Waals surface area contributed by atoms with Gasteiger partial charge in [0.05, 0.1) is 23.3 Å². The molecule has 0 aliphatic carbocycles. The molecule has 0 spiro atoms. The Kier molecular flexibility index (Phi) is 6.11. The van der Waals surface area contributed by atoms with E-state index in [1.165, 1.54) is 24.3 Å². The van der Waals surface area contributed by atoms with Crippen LogP contribution in [0, 0.1) is 0 Å². The minimum atomic E-state index is -1.23. The van der Waals surface area contributed by atoms with Crippen LogP contribution in [0.3, 0.4) is 0 Å². The van der Waals surface area contributed by atoms with Crippen LogP contribution in [-0.4, -0.2) is 29.5 Å². The second-order valence-corrected chi connectivity index (χ2v) is 5.10. The number of nitrogens with one attached hydrogen (secondary N) is 2. The van der Waals surface area contributed by atoms with Gasteiger partial charge in [0, 0.05) is 0 Å². The third-order valence-electron chi connectivity index (χ3n) is 3.29. The van der Waals surface area contributed by atoms with Crippen LogP contribution in [0.4, 0.5) is 0 Å². The number of carbonyl (C=O) groups is 3. The number of amides is 2. The lowest BCUT2D eigenvalue weighted by molar-refractivity contribution is 0.0690. The lowest BCUT2D eigenvalue weighted by atomic mass is 10.1. The van der Waals surface area contributed by atoms with Gasteiger partial charge in [0.25, 0.3) is 11.8 Å². The molecule has 2 aromatic carbocycles. The zero-order chi connectivity index (χ0) is 18.2. The molecule has 25 heavy (non-hydrogen) atoms. The molecular weight excluding hydrogens is 324 g/mol. The summed E-state index contributed by atoms with van der Waals surface area (Å²) in [5.41, 5.74) is 4.55. The Bertz CT molecular complexity index is 789. The Hall–Kier alpha value is -3.35. The molecule has 2 aromatic rings. The lowest BCUT2D eigenvalue weighted by Gasteiger charge is -2.12. The Morgan fingerprint density at radius 1 is 0.880 bits per heavy atom. The van der Waals surface area contributed by atoms with E-state index in [-0.39, 0.29) is 16.7 Å². The topological polar surface area (TPSA) is 105 Å². The average Bonchev–Trinajstić information content (AvgIpc) is 2.64. The van der Waals surface area contributed by atoms with Gasteiger partial charge < -0.3 is 9.84 Å². The van der Waals surface area contributed by atoms with Crippen molar-refractivity contribution in [3.8, 4) is 5.75 Å². The first-order chi connectivity index (χ1) is 12.0. The third-order valence-corrected chi connectivity index (χ3v) is 3.29. The summed E-state index contributed by atoms with van der Waals surface area (Å²) in [5, 5.41) is 9.10. The Morgan fingerprint density at radius 2 is 1.40 bits per heavy atom. The van der Waals surface area contributed by atoms with Gasteiger partial charge in [0.2, 0.25) is 0 Å². The fourth-order valence-electron chi connectivity index (χ4n) is 2.11. The molecule has 0 saturated carbocycles. The highest BCUT2D eigenvalue weighted by Crippen LogP contribution is 2.17. The van der Waals surface area contributed by atoms with Crippen LogP contribution in [-0.2, 0) is 0 Å². The summed E-state index contributed by atoms with van der Waals surface area (Å²) in [6, 6.07) is 12.4. The summed E-state index contributed by atoms with van der Waals surface area (Å²) >= 11 is 0. The number of hydrazine groups is 1. The number of hydrogen-bond donors (Lipinski definition) is 3. The number of carboxylic acid groups (broad SMARTS) is 1. The average molecular weight is 342 g/mol. The van der Waals surface area contributed by atoms with E-state index in [2.05, 4.69) is 10.9 Å². The second-order valence-electron chi connectivity index (χ2n) is 5.10. The van der Waals surface area contributed by atoms with E-state index in [9.17, 15) is 14.4 Å². The molecule has 130 valence electrons. The summed E-state index contributed by atoms with van der Waals surface area (Å²) in [5.74, 6) is -2.11. The van der Waals surface area contributed by atoms with Crippen LogP contribution in [0.1, 0.15) is 44.4 Å². The molecule has 0 heterocycles. The van der Waals surface area contributed by atoms with Crippen LogP contribution in [0.5, 0.6) is 5.75 Å². The molecule has 7 nitrogen and oxygen atoms in total. The molecular formula is C18H18N2O5. The summed E-state index contributed by atoms with van der Waals surface area (Å²) in [7, 11) is 0. The van der Waals surface area contributed by atoms with Gasteiger partial charge in [0.1, 0.15) is 5.75 Å². The Balaban J connectivity index is 2.08. The minimum Gasteiger partial charge on any atom is -0.493 e. The first-order valence-electron chi connectivity index (χ1n) is 7.69. The fourth-order valence-corrected chi connectivity index (χ4v) is 2.11. The number of para-hydroxylation sites is 1. The summed E-state index contributed by atoms with van der Waals surface area (Å²) < 4.78 is 5.50.